The highest BCUT2D eigenvalue weighted by atomic mass is 79.9. The van der Waals surface area contributed by atoms with Gasteiger partial charge in [-0.25, -0.2) is 0 Å². The molecule has 0 amide bonds. The quantitative estimate of drug-likeness (QED) is 0.289. The summed E-state index contributed by atoms with van der Waals surface area (Å²) in [6, 6.07) is 0. The molecule has 0 fully saturated rings. The number of nitrogens with zero attached hydrogens (tertiary/aromatic N) is 1. The van der Waals surface area contributed by atoms with Gasteiger partial charge in [0.1, 0.15) is 0 Å². The molecule has 40 valence electrons. The number of nitrogens with one attached hydrogen (secondary N) is 1. The van der Waals surface area contributed by atoms with E-state index >= 15 is 0 Å². The molecule has 0 saturated heterocycles. The smallest absolute Gasteiger partial charge is 0.176 e. The molecule has 3 heteroatoms. The molecule has 1 N–H and O–H groups in total. The number of rotatable bonds is 3. The van der Waals surface area contributed by atoms with Gasteiger partial charge < -0.3 is 5.32 Å². The molecule has 0 heterocycles. The van der Waals surface area contributed by atoms with Crippen LogP contribution in [0.4, 0.5) is 0 Å². The normalized spacial score (nSPS) is 7.43. The molecule has 0 aliphatic heterocycles. The fourth-order valence-corrected chi connectivity index (χ4v) is 0.491. The Morgan fingerprint density at radius 3 is 2.86 bits per heavy atom. The Morgan fingerprint density at radius 1 is 1.71 bits per heavy atom. The third kappa shape index (κ3) is 5.77. The number of hydrogen-bond donors (Lipinski definition) is 1. The van der Waals surface area contributed by atoms with Crippen LogP contribution in [-0.2, 0) is 0 Å². The van der Waals surface area contributed by atoms with Crippen LogP contribution in [0, 0.1) is 11.5 Å². The van der Waals surface area contributed by atoms with Crippen LogP contribution >= 0.6 is 15.9 Å². The molecule has 2 nitrogen and oxygen atoms in total. The van der Waals surface area contributed by atoms with Gasteiger partial charge in [-0.2, -0.15) is 5.26 Å². The summed E-state index contributed by atoms with van der Waals surface area (Å²) in [6.45, 7) is 0.780. The maximum atomic E-state index is 7.92. The van der Waals surface area contributed by atoms with Crippen LogP contribution in [0.5, 0.6) is 0 Å². The summed E-state index contributed by atoms with van der Waals surface area (Å²) in [7, 11) is 0. The van der Waals surface area contributed by atoms with Crippen molar-refractivity contribution in [2.24, 2.45) is 0 Å². The lowest BCUT2D eigenvalue weighted by molar-refractivity contribution is 0.830. The van der Waals surface area contributed by atoms with Gasteiger partial charge in [-0.1, -0.05) is 15.9 Å². The predicted molar refractivity (Wildman–Crippen MR) is 32.0 cm³/mol. The highest BCUT2D eigenvalue weighted by molar-refractivity contribution is 9.09. The SMILES string of the molecule is N#CNCCCBr. The van der Waals surface area contributed by atoms with E-state index in [4.69, 9.17) is 5.26 Å². The minimum absolute atomic E-state index is 0.780. The van der Waals surface area contributed by atoms with Crippen LogP contribution in [0.2, 0.25) is 0 Å². The monoisotopic (exact) mass is 162 g/mol. The Morgan fingerprint density at radius 2 is 2.43 bits per heavy atom. The van der Waals surface area contributed by atoms with Gasteiger partial charge in [-0.05, 0) is 6.42 Å². The molecule has 0 aromatic carbocycles. The number of halogens is 1. The largest absolute Gasteiger partial charge is 0.324 e. The van der Waals surface area contributed by atoms with E-state index in [1.807, 2.05) is 6.19 Å². The second-order valence-electron chi connectivity index (χ2n) is 1.08. The van der Waals surface area contributed by atoms with Crippen molar-refractivity contribution in [3.63, 3.8) is 0 Å². The predicted octanol–water partition coefficient (Wildman–Crippen LogP) is 0.842. The van der Waals surface area contributed by atoms with Gasteiger partial charge in [0.15, 0.2) is 6.19 Å². The molecule has 0 aliphatic rings. The zero-order chi connectivity index (χ0) is 5.54. The Bertz CT molecular complexity index is 66.6. The van der Waals surface area contributed by atoms with Gasteiger partial charge in [0, 0.05) is 11.9 Å². The van der Waals surface area contributed by atoms with Crippen LogP contribution in [0.1, 0.15) is 6.42 Å². The number of nitriles is 1. The van der Waals surface area contributed by atoms with E-state index in [9.17, 15) is 0 Å². The lowest BCUT2D eigenvalue weighted by Gasteiger charge is -1.88. The van der Waals surface area contributed by atoms with Crippen molar-refractivity contribution in [1.82, 2.24) is 5.32 Å². The summed E-state index contributed by atoms with van der Waals surface area (Å²) in [4.78, 5) is 0. The molecule has 0 aromatic rings. The molecular formula is C4H7BrN2. The first kappa shape index (κ1) is 6.77. The molecule has 0 bridgehead atoms. The van der Waals surface area contributed by atoms with Gasteiger partial charge in [0.05, 0.1) is 0 Å². The lowest BCUT2D eigenvalue weighted by Crippen LogP contribution is -2.06. The highest BCUT2D eigenvalue weighted by Crippen LogP contribution is 1.82. The molecule has 0 radical (unpaired) electrons. The molecule has 0 aliphatic carbocycles. The van der Waals surface area contributed by atoms with E-state index in [1.165, 1.54) is 0 Å². The Balaban J connectivity index is 2.60. The van der Waals surface area contributed by atoms with E-state index < -0.39 is 0 Å². The Hall–Kier alpha value is -0.230. The summed E-state index contributed by atoms with van der Waals surface area (Å²) in [5, 5.41) is 11.4. The van der Waals surface area contributed by atoms with Gasteiger partial charge in [-0.15, -0.1) is 0 Å². The maximum Gasteiger partial charge on any atom is 0.176 e. The minimum atomic E-state index is 0.780. The van der Waals surface area contributed by atoms with E-state index in [1.54, 1.807) is 0 Å². The average Bonchev–Trinajstić information content (AvgIpc) is 1.69. The first-order chi connectivity index (χ1) is 3.41. The Labute approximate surface area is 51.6 Å². The molecule has 0 aromatic heterocycles. The van der Waals surface area contributed by atoms with Gasteiger partial charge in [0.25, 0.3) is 0 Å². The summed E-state index contributed by atoms with van der Waals surface area (Å²) in [5.74, 6) is 0. The van der Waals surface area contributed by atoms with Crippen molar-refractivity contribution < 1.29 is 0 Å². The molecule has 0 unspecified atom stereocenters. The number of hydrogen-bond acceptors (Lipinski definition) is 2. The second kappa shape index (κ2) is 5.77. The van der Waals surface area contributed by atoms with Crippen LogP contribution in [0.3, 0.4) is 0 Å². The minimum Gasteiger partial charge on any atom is -0.324 e. The van der Waals surface area contributed by atoms with E-state index in [0.29, 0.717) is 0 Å². The molecule has 0 saturated carbocycles. The van der Waals surface area contributed by atoms with E-state index in [2.05, 4.69) is 21.2 Å². The second-order valence-corrected chi connectivity index (χ2v) is 1.87. The third-order valence-corrected chi connectivity index (χ3v) is 1.08. The van der Waals surface area contributed by atoms with E-state index in [0.717, 1.165) is 18.3 Å². The summed E-state index contributed by atoms with van der Waals surface area (Å²) in [5.41, 5.74) is 0. The lowest BCUT2D eigenvalue weighted by atomic mass is 10.5. The summed E-state index contributed by atoms with van der Waals surface area (Å²) in [6.07, 6.45) is 2.84. The molecule has 0 spiro atoms. The van der Waals surface area contributed by atoms with Crippen molar-refractivity contribution in [2.75, 3.05) is 11.9 Å². The van der Waals surface area contributed by atoms with Gasteiger partial charge >= 0.3 is 0 Å². The summed E-state index contributed by atoms with van der Waals surface area (Å²) >= 11 is 3.23. The first-order valence-corrected chi connectivity index (χ1v) is 3.22. The average molecular weight is 163 g/mol. The number of alkyl halides is 1. The Kier molecular flexibility index (Phi) is 5.58. The van der Waals surface area contributed by atoms with Crippen molar-refractivity contribution in [1.29, 1.82) is 5.26 Å². The van der Waals surface area contributed by atoms with Crippen LogP contribution in [0.25, 0.3) is 0 Å². The standard InChI is InChI=1S/C4H7BrN2/c5-2-1-3-7-4-6/h7H,1-3H2. The zero-order valence-electron chi connectivity index (χ0n) is 3.95. The first-order valence-electron chi connectivity index (χ1n) is 2.09. The van der Waals surface area contributed by atoms with Crippen LogP contribution in [-0.4, -0.2) is 11.9 Å². The molecular weight excluding hydrogens is 156 g/mol. The van der Waals surface area contributed by atoms with Crippen LogP contribution < -0.4 is 5.32 Å². The third-order valence-electron chi connectivity index (χ3n) is 0.514. The fraction of sp³-hybridized carbons (Fsp3) is 0.750. The van der Waals surface area contributed by atoms with Crippen molar-refractivity contribution >= 4 is 15.9 Å². The van der Waals surface area contributed by atoms with Crippen LogP contribution in [0.15, 0.2) is 0 Å². The van der Waals surface area contributed by atoms with Crippen molar-refractivity contribution in [3.8, 4) is 6.19 Å². The highest BCUT2D eigenvalue weighted by Gasteiger charge is 1.77. The molecule has 0 rings (SSSR count). The van der Waals surface area contributed by atoms with E-state index in [-0.39, 0.29) is 0 Å². The molecule has 7 heavy (non-hydrogen) atoms. The maximum absolute atomic E-state index is 7.92. The van der Waals surface area contributed by atoms with Gasteiger partial charge in [-0.3, -0.25) is 0 Å². The molecule has 0 atom stereocenters. The zero-order valence-corrected chi connectivity index (χ0v) is 5.53. The topological polar surface area (TPSA) is 35.8 Å². The van der Waals surface area contributed by atoms with Gasteiger partial charge in [0.2, 0.25) is 0 Å². The van der Waals surface area contributed by atoms with Crippen molar-refractivity contribution in [2.45, 2.75) is 6.42 Å². The fourth-order valence-electron chi connectivity index (χ4n) is 0.211. The van der Waals surface area contributed by atoms with Crippen molar-refractivity contribution in [3.05, 3.63) is 0 Å². The summed E-state index contributed by atoms with van der Waals surface area (Å²) < 4.78 is 0.